The van der Waals surface area contributed by atoms with Crippen molar-refractivity contribution in [1.29, 1.82) is 0 Å². The van der Waals surface area contributed by atoms with Crippen molar-refractivity contribution in [2.24, 2.45) is 11.1 Å². The summed E-state index contributed by atoms with van der Waals surface area (Å²) in [6.45, 7) is 6.50. The first kappa shape index (κ1) is 12.8. The van der Waals surface area contributed by atoms with Crippen molar-refractivity contribution in [1.82, 2.24) is 0 Å². The predicted molar refractivity (Wildman–Crippen MR) is 47.3 cm³/mol. The van der Waals surface area contributed by atoms with Crippen LogP contribution < -0.4 is 5.73 Å². The largest absolute Gasteiger partial charge is 0.406 e. The molecule has 1 atom stereocenters. The summed E-state index contributed by atoms with van der Waals surface area (Å²) in [5.41, 5.74) is 2.79. The average Bonchev–Trinajstić information content (AvgIpc) is 1.83. The predicted octanol–water partition coefficient (Wildman–Crippen LogP) is 3.09. The molecule has 4 heteroatoms. The van der Waals surface area contributed by atoms with Crippen molar-refractivity contribution >= 4 is 0 Å². The van der Waals surface area contributed by atoms with Crippen molar-refractivity contribution in [3.8, 4) is 0 Å². The number of nitrogens with two attached hydrogens (primary N) is 1. The van der Waals surface area contributed by atoms with Crippen molar-refractivity contribution < 1.29 is 13.2 Å². The molecule has 0 rings (SSSR count). The first-order chi connectivity index (χ1) is 5.52. The van der Waals surface area contributed by atoms with E-state index >= 15 is 0 Å². The number of rotatable bonds is 3. The lowest BCUT2D eigenvalue weighted by Crippen LogP contribution is -2.53. The van der Waals surface area contributed by atoms with E-state index in [1.165, 1.54) is 0 Å². The van der Waals surface area contributed by atoms with E-state index in [1.807, 2.05) is 6.92 Å². The fourth-order valence-electron chi connectivity index (χ4n) is 1.22. The number of alkyl halides is 3. The summed E-state index contributed by atoms with van der Waals surface area (Å²) >= 11 is 0. The third-order valence-electron chi connectivity index (χ3n) is 2.45. The fraction of sp³-hybridized carbons (Fsp3) is 1.00. The molecule has 13 heavy (non-hydrogen) atoms. The molecule has 0 aromatic heterocycles. The quantitative estimate of drug-likeness (QED) is 0.739. The Balaban J connectivity index is 4.52. The lowest BCUT2D eigenvalue weighted by Gasteiger charge is -2.35. The van der Waals surface area contributed by atoms with Gasteiger partial charge in [0.15, 0.2) is 0 Å². The maximum absolute atomic E-state index is 12.4. The van der Waals surface area contributed by atoms with E-state index in [1.54, 1.807) is 13.8 Å². The van der Waals surface area contributed by atoms with E-state index in [2.05, 4.69) is 0 Å². The van der Waals surface area contributed by atoms with Gasteiger partial charge in [0.1, 0.15) is 5.54 Å². The van der Waals surface area contributed by atoms with Crippen LogP contribution in [0.1, 0.15) is 40.5 Å². The van der Waals surface area contributed by atoms with Crippen LogP contribution in [0.5, 0.6) is 0 Å². The molecule has 0 spiro atoms. The molecule has 0 aliphatic rings. The summed E-state index contributed by atoms with van der Waals surface area (Å²) in [5.74, 6) is 0. The first-order valence-corrected chi connectivity index (χ1v) is 4.37. The van der Waals surface area contributed by atoms with E-state index in [-0.39, 0.29) is 11.8 Å². The van der Waals surface area contributed by atoms with Gasteiger partial charge in [-0.25, -0.2) is 0 Å². The second-order valence-electron chi connectivity index (χ2n) is 4.61. The highest BCUT2D eigenvalue weighted by Crippen LogP contribution is 2.38. The zero-order valence-corrected chi connectivity index (χ0v) is 8.63. The molecule has 0 radical (unpaired) electrons. The summed E-state index contributed by atoms with van der Waals surface area (Å²) in [6.07, 6.45) is -3.67. The normalized spacial score (nSPS) is 18.5. The standard InChI is InChI=1S/C9H18F3N/c1-5-7(2,3)6-8(4,13)9(10,11)12/h5-6,13H2,1-4H3. The molecule has 1 unspecified atom stereocenters. The zero-order chi connectivity index (χ0) is 10.9. The Labute approximate surface area is 77.5 Å². The average molecular weight is 197 g/mol. The second kappa shape index (κ2) is 3.48. The minimum atomic E-state index is -4.32. The molecule has 0 aromatic rings. The van der Waals surface area contributed by atoms with Gasteiger partial charge < -0.3 is 5.73 Å². The van der Waals surface area contributed by atoms with Crippen LogP contribution in [-0.2, 0) is 0 Å². The Hall–Kier alpha value is -0.250. The minimum Gasteiger partial charge on any atom is -0.318 e. The Morgan fingerprint density at radius 1 is 1.08 bits per heavy atom. The monoisotopic (exact) mass is 197 g/mol. The van der Waals surface area contributed by atoms with Crippen LogP contribution in [0.15, 0.2) is 0 Å². The van der Waals surface area contributed by atoms with Crippen LogP contribution in [0.25, 0.3) is 0 Å². The van der Waals surface area contributed by atoms with Crippen molar-refractivity contribution in [2.45, 2.75) is 52.3 Å². The van der Waals surface area contributed by atoms with Gasteiger partial charge in [-0.2, -0.15) is 13.2 Å². The van der Waals surface area contributed by atoms with E-state index in [9.17, 15) is 13.2 Å². The maximum atomic E-state index is 12.4. The van der Waals surface area contributed by atoms with Crippen LogP contribution in [0, 0.1) is 5.41 Å². The van der Waals surface area contributed by atoms with E-state index in [0.717, 1.165) is 6.92 Å². The lowest BCUT2D eigenvalue weighted by molar-refractivity contribution is -0.188. The van der Waals surface area contributed by atoms with Crippen LogP contribution >= 0.6 is 0 Å². The van der Waals surface area contributed by atoms with Crippen LogP contribution in [0.4, 0.5) is 13.2 Å². The summed E-state index contributed by atoms with van der Waals surface area (Å²) in [5, 5.41) is 0. The van der Waals surface area contributed by atoms with Gasteiger partial charge in [-0.05, 0) is 18.8 Å². The molecular formula is C9H18F3N. The molecule has 0 aliphatic heterocycles. The van der Waals surface area contributed by atoms with Crippen molar-refractivity contribution in [2.75, 3.05) is 0 Å². The lowest BCUT2D eigenvalue weighted by atomic mass is 9.77. The van der Waals surface area contributed by atoms with Crippen LogP contribution in [0.3, 0.4) is 0 Å². The summed E-state index contributed by atoms with van der Waals surface area (Å²) in [4.78, 5) is 0. The van der Waals surface area contributed by atoms with Crippen LogP contribution in [0.2, 0.25) is 0 Å². The summed E-state index contributed by atoms with van der Waals surface area (Å²) in [6, 6.07) is 0. The van der Waals surface area contributed by atoms with Crippen LogP contribution in [-0.4, -0.2) is 11.7 Å². The van der Waals surface area contributed by atoms with Gasteiger partial charge in [0.05, 0.1) is 0 Å². The highest BCUT2D eigenvalue weighted by molar-refractivity contribution is 4.91. The molecule has 0 bridgehead atoms. The molecule has 0 amide bonds. The number of halogens is 3. The molecule has 2 N–H and O–H groups in total. The van der Waals surface area contributed by atoms with Gasteiger partial charge in [0.2, 0.25) is 0 Å². The van der Waals surface area contributed by atoms with E-state index in [4.69, 9.17) is 5.73 Å². The van der Waals surface area contributed by atoms with E-state index < -0.39 is 11.7 Å². The molecule has 0 fully saturated rings. The molecule has 0 heterocycles. The molecule has 0 aliphatic carbocycles. The highest BCUT2D eigenvalue weighted by Gasteiger charge is 2.49. The SMILES string of the molecule is CCC(C)(C)CC(C)(N)C(F)(F)F. The maximum Gasteiger partial charge on any atom is 0.406 e. The van der Waals surface area contributed by atoms with Gasteiger partial charge >= 0.3 is 6.18 Å². The molecule has 0 saturated heterocycles. The molecule has 1 nitrogen and oxygen atoms in total. The Morgan fingerprint density at radius 3 is 1.69 bits per heavy atom. The van der Waals surface area contributed by atoms with Crippen molar-refractivity contribution in [3.63, 3.8) is 0 Å². The Bertz CT molecular complexity index is 170. The van der Waals surface area contributed by atoms with Gasteiger partial charge in [-0.1, -0.05) is 27.2 Å². The molecule has 80 valence electrons. The topological polar surface area (TPSA) is 26.0 Å². The summed E-state index contributed by atoms with van der Waals surface area (Å²) in [7, 11) is 0. The Morgan fingerprint density at radius 2 is 1.46 bits per heavy atom. The van der Waals surface area contributed by atoms with Gasteiger partial charge in [0, 0.05) is 0 Å². The highest BCUT2D eigenvalue weighted by atomic mass is 19.4. The molecule has 0 saturated carbocycles. The van der Waals surface area contributed by atoms with Gasteiger partial charge in [-0.3, -0.25) is 0 Å². The molecular weight excluding hydrogens is 179 g/mol. The minimum absolute atomic E-state index is 0.0417. The van der Waals surface area contributed by atoms with Gasteiger partial charge in [0.25, 0.3) is 0 Å². The Kier molecular flexibility index (Phi) is 3.41. The third-order valence-corrected chi connectivity index (χ3v) is 2.45. The van der Waals surface area contributed by atoms with E-state index in [0.29, 0.717) is 6.42 Å². The molecule has 0 aromatic carbocycles. The van der Waals surface area contributed by atoms with Gasteiger partial charge in [-0.15, -0.1) is 0 Å². The fourth-order valence-corrected chi connectivity index (χ4v) is 1.22. The number of hydrogen-bond acceptors (Lipinski definition) is 1. The third kappa shape index (κ3) is 3.55. The smallest absolute Gasteiger partial charge is 0.318 e. The first-order valence-electron chi connectivity index (χ1n) is 4.37. The number of hydrogen-bond donors (Lipinski definition) is 1. The second-order valence-corrected chi connectivity index (χ2v) is 4.61. The summed E-state index contributed by atoms with van der Waals surface area (Å²) < 4.78 is 37.1. The zero-order valence-electron chi connectivity index (χ0n) is 8.63. The van der Waals surface area contributed by atoms with Crippen molar-refractivity contribution in [3.05, 3.63) is 0 Å².